The van der Waals surface area contributed by atoms with Crippen molar-refractivity contribution in [3.05, 3.63) is 41.3 Å². The molecule has 0 saturated heterocycles. The minimum Gasteiger partial charge on any atom is -0.441 e. The van der Waals surface area contributed by atoms with Crippen molar-refractivity contribution in [3.8, 4) is 11.5 Å². The average Bonchev–Trinajstić information content (AvgIpc) is 2.81. The smallest absolute Gasteiger partial charge is 0.416 e. The summed E-state index contributed by atoms with van der Waals surface area (Å²) >= 11 is 0. The van der Waals surface area contributed by atoms with Gasteiger partial charge in [-0.2, -0.15) is 13.2 Å². The van der Waals surface area contributed by atoms with Crippen LogP contribution >= 0.6 is 0 Å². The van der Waals surface area contributed by atoms with E-state index < -0.39 is 11.7 Å². The van der Waals surface area contributed by atoms with Gasteiger partial charge in [-0.15, -0.1) is 0 Å². The zero-order valence-electron chi connectivity index (χ0n) is 10.9. The zero-order valence-corrected chi connectivity index (χ0v) is 10.9. The second-order valence-corrected chi connectivity index (χ2v) is 4.29. The van der Waals surface area contributed by atoms with Crippen LogP contribution in [0.5, 0.6) is 0 Å². The monoisotopic (exact) mass is 285 g/mol. The van der Waals surface area contributed by atoms with E-state index in [0.29, 0.717) is 29.9 Å². The van der Waals surface area contributed by atoms with Gasteiger partial charge in [0, 0.05) is 25.0 Å². The molecule has 0 radical (unpaired) electrons. The Morgan fingerprint density at radius 3 is 2.35 bits per heavy atom. The fourth-order valence-electron chi connectivity index (χ4n) is 1.89. The molecule has 1 aromatic carbocycles. The van der Waals surface area contributed by atoms with E-state index >= 15 is 0 Å². The molecule has 1 N–H and O–H groups in total. The number of benzene rings is 1. The quantitative estimate of drug-likeness (QED) is 0.935. The highest BCUT2D eigenvalue weighted by atomic mass is 19.4. The third-order valence-corrected chi connectivity index (χ3v) is 2.91. The largest absolute Gasteiger partial charge is 0.441 e. The summed E-state index contributed by atoms with van der Waals surface area (Å²) in [5.74, 6) is 0.924. The first kappa shape index (κ1) is 14.6. The van der Waals surface area contributed by atoms with Gasteiger partial charge in [0.05, 0.1) is 11.3 Å². The van der Waals surface area contributed by atoms with Crippen LogP contribution in [0, 0.1) is 0 Å². The van der Waals surface area contributed by atoms with Gasteiger partial charge >= 0.3 is 6.18 Å². The number of halogens is 3. The van der Waals surface area contributed by atoms with E-state index in [-0.39, 0.29) is 12.5 Å². The van der Waals surface area contributed by atoms with Gasteiger partial charge in [0.2, 0.25) is 5.89 Å². The van der Waals surface area contributed by atoms with Gasteiger partial charge in [-0.3, -0.25) is 0 Å². The highest BCUT2D eigenvalue weighted by molar-refractivity contribution is 5.54. The van der Waals surface area contributed by atoms with Crippen LogP contribution in [-0.2, 0) is 19.0 Å². The standard InChI is InChI=1S/C14H14F3NO2/c1-2-12-11(7-8-19)18-13(20-12)9-3-5-10(6-4-9)14(15,16)17/h3-6,19H,2,7-8H2,1H3. The molecule has 0 unspecified atom stereocenters. The minimum atomic E-state index is -4.36. The van der Waals surface area contributed by atoms with Gasteiger partial charge in [-0.05, 0) is 24.3 Å². The SMILES string of the molecule is CCc1oc(-c2ccc(C(F)(F)F)cc2)nc1CCO. The third-order valence-electron chi connectivity index (χ3n) is 2.91. The highest BCUT2D eigenvalue weighted by Crippen LogP contribution is 2.31. The number of hydrogen-bond donors (Lipinski definition) is 1. The predicted molar refractivity (Wildman–Crippen MR) is 67.1 cm³/mol. The van der Waals surface area contributed by atoms with Gasteiger partial charge in [-0.1, -0.05) is 6.92 Å². The number of oxazole rings is 1. The number of aliphatic hydroxyl groups excluding tert-OH is 1. The van der Waals surface area contributed by atoms with Crippen molar-refractivity contribution in [1.82, 2.24) is 4.98 Å². The van der Waals surface area contributed by atoms with Gasteiger partial charge in [0.15, 0.2) is 0 Å². The van der Waals surface area contributed by atoms with Crippen molar-refractivity contribution < 1.29 is 22.7 Å². The second kappa shape index (κ2) is 5.66. The molecular weight excluding hydrogens is 271 g/mol. The Balaban J connectivity index is 2.32. The number of alkyl halides is 3. The first-order chi connectivity index (χ1) is 9.45. The summed E-state index contributed by atoms with van der Waals surface area (Å²) in [6.07, 6.45) is -3.37. The number of aryl methyl sites for hydroxylation is 1. The summed E-state index contributed by atoms with van der Waals surface area (Å²) < 4.78 is 43.0. The van der Waals surface area contributed by atoms with Crippen LogP contribution in [0.25, 0.3) is 11.5 Å². The molecule has 20 heavy (non-hydrogen) atoms. The predicted octanol–water partition coefficient (Wildman–Crippen LogP) is 3.46. The van der Waals surface area contributed by atoms with Crippen molar-refractivity contribution in [2.75, 3.05) is 6.61 Å². The highest BCUT2D eigenvalue weighted by Gasteiger charge is 2.30. The fraction of sp³-hybridized carbons (Fsp3) is 0.357. The lowest BCUT2D eigenvalue weighted by Crippen LogP contribution is -2.04. The van der Waals surface area contributed by atoms with Gasteiger partial charge in [0.25, 0.3) is 0 Å². The van der Waals surface area contributed by atoms with Crippen LogP contribution in [0.4, 0.5) is 13.2 Å². The molecule has 108 valence electrons. The maximum atomic E-state index is 12.5. The molecule has 0 aliphatic heterocycles. The van der Waals surface area contributed by atoms with Gasteiger partial charge in [-0.25, -0.2) is 4.98 Å². The van der Waals surface area contributed by atoms with E-state index in [2.05, 4.69) is 4.98 Å². The van der Waals surface area contributed by atoms with E-state index in [9.17, 15) is 13.2 Å². The summed E-state index contributed by atoms with van der Waals surface area (Å²) in [5.41, 5.74) is 0.417. The minimum absolute atomic E-state index is 0.0496. The molecule has 1 aromatic heterocycles. The van der Waals surface area contributed by atoms with Crippen LogP contribution in [0.2, 0.25) is 0 Å². The molecule has 2 aromatic rings. The van der Waals surface area contributed by atoms with E-state index in [4.69, 9.17) is 9.52 Å². The topological polar surface area (TPSA) is 46.3 Å². The van der Waals surface area contributed by atoms with Crippen molar-refractivity contribution in [1.29, 1.82) is 0 Å². The summed E-state index contributed by atoms with van der Waals surface area (Å²) in [6, 6.07) is 4.65. The molecule has 3 nitrogen and oxygen atoms in total. The Hall–Kier alpha value is -1.82. The van der Waals surface area contributed by atoms with Crippen molar-refractivity contribution in [3.63, 3.8) is 0 Å². The number of hydrogen-bond acceptors (Lipinski definition) is 3. The summed E-state index contributed by atoms with van der Waals surface area (Å²) in [5, 5.41) is 8.94. The maximum Gasteiger partial charge on any atom is 0.416 e. The van der Waals surface area contributed by atoms with Gasteiger partial charge < -0.3 is 9.52 Å². The lowest BCUT2D eigenvalue weighted by molar-refractivity contribution is -0.137. The molecule has 0 amide bonds. The molecule has 0 atom stereocenters. The third kappa shape index (κ3) is 3.01. The maximum absolute atomic E-state index is 12.5. The molecule has 0 bridgehead atoms. The first-order valence-electron chi connectivity index (χ1n) is 6.22. The molecule has 0 aliphatic carbocycles. The first-order valence-corrected chi connectivity index (χ1v) is 6.22. The molecule has 0 spiro atoms. The van der Waals surface area contributed by atoms with Crippen LogP contribution in [0.3, 0.4) is 0 Å². The van der Waals surface area contributed by atoms with Crippen molar-refractivity contribution >= 4 is 0 Å². The van der Waals surface area contributed by atoms with E-state index in [1.165, 1.54) is 12.1 Å². The Kier molecular flexibility index (Phi) is 4.13. The summed E-state index contributed by atoms with van der Waals surface area (Å²) in [6.45, 7) is 1.84. The summed E-state index contributed by atoms with van der Waals surface area (Å²) in [7, 11) is 0. The van der Waals surface area contributed by atoms with Crippen LogP contribution in [-0.4, -0.2) is 16.7 Å². The molecule has 2 rings (SSSR count). The lowest BCUT2D eigenvalue weighted by Gasteiger charge is -2.06. The Morgan fingerprint density at radius 1 is 1.20 bits per heavy atom. The lowest BCUT2D eigenvalue weighted by atomic mass is 10.1. The molecule has 1 heterocycles. The van der Waals surface area contributed by atoms with E-state index in [1.54, 1.807) is 0 Å². The van der Waals surface area contributed by atoms with Crippen molar-refractivity contribution in [2.24, 2.45) is 0 Å². The van der Waals surface area contributed by atoms with Crippen LogP contribution in [0.1, 0.15) is 23.9 Å². The fourth-order valence-corrected chi connectivity index (χ4v) is 1.89. The molecule has 0 fully saturated rings. The second-order valence-electron chi connectivity index (χ2n) is 4.29. The number of aliphatic hydroxyl groups is 1. The van der Waals surface area contributed by atoms with Gasteiger partial charge in [0.1, 0.15) is 5.76 Å². The van der Waals surface area contributed by atoms with E-state index in [0.717, 1.165) is 12.1 Å². The molecular formula is C14H14F3NO2. The normalized spacial score (nSPS) is 11.8. The molecule has 0 saturated carbocycles. The molecule has 6 heteroatoms. The number of aromatic nitrogens is 1. The number of nitrogens with zero attached hydrogens (tertiary/aromatic N) is 1. The Labute approximate surface area is 114 Å². The van der Waals surface area contributed by atoms with E-state index in [1.807, 2.05) is 6.92 Å². The Morgan fingerprint density at radius 2 is 1.85 bits per heavy atom. The number of rotatable bonds is 4. The Bertz CT molecular complexity index is 573. The molecule has 0 aliphatic rings. The van der Waals surface area contributed by atoms with Crippen LogP contribution in [0.15, 0.2) is 28.7 Å². The van der Waals surface area contributed by atoms with Crippen LogP contribution < -0.4 is 0 Å². The zero-order chi connectivity index (χ0) is 14.8. The average molecular weight is 285 g/mol. The van der Waals surface area contributed by atoms with Crippen molar-refractivity contribution in [2.45, 2.75) is 25.9 Å². The summed E-state index contributed by atoms with van der Waals surface area (Å²) in [4.78, 5) is 4.22.